The van der Waals surface area contributed by atoms with Gasteiger partial charge in [0.25, 0.3) is 0 Å². The minimum atomic E-state index is 0.370. The minimum absolute atomic E-state index is 0.370. The largest absolute Gasteiger partial charge is 0.346 e. The van der Waals surface area contributed by atoms with E-state index in [0.717, 1.165) is 0 Å². The number of anilines is 3. The van der Waals surface area contributed by atoms with Gasteiger partial charge in [-0.05, 0) is 150 Å². The van der Waals surface area contributed by atoms with Crippen molar-refractivity contribution in [3.63, 3.8) is 0 Å². The van der Waals surface area contributed by atoms with Gasteiger partial charge in [-0.15, -0.1) is 0 Å². The van der Waals surface area contributed by atoms with Gasteiger partial charge in [0.1, 0.15) is 0 Å². The molecule has 7 heteroatoms. The maximum Gasteiger partial charge on any atom is 0.346 e. The predicted molar refractivity (Wildman–Crippen MR) is 192 cm³/mol. The SMILES string of the molecule is c1ccc(N2c3cc(B(N4CCCC4)N4CCCC4)ccc3-c3ccc(B(N4CCCC4)N4CCCC4)c4cccc2c34)cc1. The molecule has 228 valence electrons. The Balaban J connectivity index is 1.23. The lowest BCUT2D eigenvalue weighted by Crippen LogP contribution is -2.58. The lowest BCUT2D eigenvalue weighted by Gasteiger charge is -2.37. The summed E-state index contributed by atoms with van der Waals surface area (Å²) in [7, 11) is 0. The van der Waals surface area contributed by atoms with Crippen LogP contribution >= 0.6 is 0 Å². The van der Waals surface area contributed by atoms with Gasteiger partial charge in [0.05, 0.1) is 11.4 Å². The van der Waals surface area contributed by atoms with E-state index in [9.17, 15) is 0 Å². The van der Waals surface area contributed by atoms with Gasteiger partial charge in [-0.25, -0.2) is 0 Å². The number of nitrogens with zero attached hydrogens (tertiary/aromatic N) is 5. The van der Waals surface area contributed by atoms with Gasteiger partial charge < -0.3 is 24.1 Å². The molecule has 0 N–H and O–H groups in total. The first-order valence-corrected chi connectivity index (χ1v) is 17.9. The number of rotatable bonds is 7. The summed E-state index contributed by atoms with van der Waals surface area (Å²) in [6.07, 6.45) is 10.5. The van der Waals surface area contributed by atoms with Crippen molar-refractivity contribution in [1.29, 1.82) is 0 Å². The highest BCUT2D eigenvalue weighted by Gasteiger charge is 2.39. The van der Waals surface area contributed by atoms with Crippen molar-refractivity contribution in [2.24, 2.45) is 0 Å². The summed E-state index contributed by atoms with van der Waals surface area (Å²) in [6.45, 7) is 10.4. The second-order valence-corrected chi connectivity index (χ2v) is 14.1. The summed E-state index contributed by atoms with van der Waals surface area (Å²) in [6, 6.07) is 30.7. The van der Waals surface area contributed by atoms with Gasteiger partial charge in [0, 0.05) is 16.6 Å². The molecular weight excluding hydrogens is 548 g/mol. The van der Waals surface area contributed by atoms with Crippen LogP contribution in [0.5, 0.6) is 0 Å². The summed E-state index contributed by atoms with van der Waals surface area (Å²) >= 11 is 0. The molecule has 0 saturated carbocycles. The van der Waals surface area contributed by atoms with Crippen LogP contribution in [0.4, 0.5) is 17.1 Å². The average molecular weight is 593 g/mol. The smallest absolute Gasteiger partial charge is 0.324 e. The first kappa shape index (κ1) is 28.2. The van der Waals surface area contributed by atoms with Crippen LogP contribution in [0.15, 0.2) is 78.9 Å². The lowest BCUT2D eigenvalue weighted by molar-refractivity contribution is 0.436. The van der Waals surface area contributed by atoms with Crippen LogP contribution in [0.25, 0.3) is 21.9 Å². The van der Waals surface area contributed by atoms with Crippen LogP contribution in [0.2, 0.25) is 0 Å². The highest BCUT2D eigenvalue weighted by Crippen LogP contribution is 2.50. The van der Waals surface area contributed by atoms with Crippen molar-refractivity contribution in [1.82, 2.24) is 19.2 Å². The molecule has 0 aromatic heterocycles. The lowest BCUT2D eigenvalue weighted by atomic mass is 9.61. The van der Waals surface area contributed by atoms with Crippen molar-refractivity contribution >= 4 is 52.7 Å². The van der Waals surface area contributed by atoms with Crippen molar-refractivity contribution in [2.45, 2.75) is 51.4 Å². The van der Waals surface area contributed by atoms with Crippen LogP contribution in [-0.2, 0) is 0 Å². The van der Waals surface area contributed by atoms with Crippen LogP contribution in [-0.4, -0.2) is 85.6 Å². The van der Waals surface area contributed by atoms with E-state index >= 15 is 0 Å². The molecule has 4 aromatic carbocycles. The van der Waals surface area contributed by atoms with E-state index in [2.05, 4.69) is 103 Å². The van der Waals surface area contributed by atoms with Crippen LogP contribution in [0.3, 0.4) is 0 Å². The maximum atomic E-state index is 2.77. The van der Waals surface area contributed by atoms with Crippen molar-refractivity contribution in [3.8, 4) is 11.1 Å². The first-order chi connectivity index (χ1) is 22.3. The molecular formula is C38H45B2N5. The number of para-hydroxylation sites is 1. The summed E-state index contributed by atoms with van der Waals surface area (Å²) in [4.78, 5) is 13.6. The van der Waals surface area contributed by atoms with Gasteiger partial charge in [-0.1, -0.05) is 54.6 Å². The molecule has 4 fully saturated rings. The molecule has 5 aliphatic heterocycles. The highest BCUT2D eigenvalue weighted by molar-refractivity contribution is 6.71. The van der Waals surface area contributed by atoms with E-state index in [1.54, 1.807) is 0 Å². The van der Waals surface area contributed by atoms with Crippen LogP contribution in [0.1, 0.15) is 51.4 Å². The van der Waals surface area contributed by atoms with Crippen molar-refractivity contribution in [3.05, 3.63) is 78.9 Å². The second-order valence-electron chi connectivity index (χ2n) is 14.1. The van der Waals surface area contributed by atoms with E-state index in [4.69, 9.17) is 0 Å². The fourth-order valence-corrected chi connectivity index (χ4v) is 9.37. The van der Waals surface area contributed by atoms with Crippen LogP contribution in [0, 0.1) is 0 Å². The number of hydrogen-bond acceptors (Lipinski definition) is 5. The Kier molecular flexibility index (Phi) is 7.46. The number of fused-ring (bicyclic) bond motifs is 2. The molecule has 0 radical (unpaired) electrons. The maximum absolute atomic E-state index is 2.77. The molecule has 4 saturated heterocycles. The van der Waals surface area contributed by atoms with E-state index in [-0.39, 0.29) is 0 Å². The molecule has 5 nitrogen and oxygen atoms in total. The quantitative estimate of drug-likeness (QED) is 0.213. The normalized spacial score (nSPS) is 20.8. The van der Waals surface area contributed by atoms with E-state index in [1.807, 2.05) is 0 Å². The summed E-state index contributed by atoms with van der Waals surface area (Å²) in [5, 5.41) is 2.84. The van der Waals surface area contributed by atoms with Gasteiger partial charge >= 0.3 is 14.0 Å². The summed E-state index contributed by atoms with van der Waals surface area (Å²) < 4.78 is 0. The Labute approximate surface area is 270 Å². The zero-order valence-corrected chi connectivity index (χ0v) is 26.7. The zero-order chi connectivity index (χ0) is 29.7. The Morgan fingerprint density at radius 3 is 1.60 bits per heavy atom. The Hall–Kier alpha value is -3.09. The average Bonchev–Trinajstić information content (AvgIpc) is 3.93. The monoisotopic (exact) mass is 593 g/mol. The molecule has 0 unspecified atom stereocenters. The third-order valence-corrected chi connectivity index (χ3v) is 11.4. The topological polar surface area (TPSA) is 16.2 Å². The van der Waals surface area contributed by atoms with E-state index in [1.165, 1.54) is 154 Å². The van der Waals surface area contributed by atoms with Gasteiger partial charge in [-0.3, -0.25) is 0 Å². The summed E-state index contributed by atoms with van der Waals surface area (Å²) in [5.41, 5.74) is 9.58. The van der Waals surface area contributed by atoms with E-state index in [0.29, 0.717) is 14.0 Å². The highest BCUT2D eigenvalue weighted by atomic mass is 15.2. The third kappa shape index (κ3) is 4.86. The number of hydrogen-bond donors (Lipinski definition) is 0. The zero-order valence-electron chi connectivity index (χ0n) is 26.7. The van der Waals surface area contributed by atoms with Gasteiger partial charge in [-0.2, -0.15) is 0 Å². The standard InChI is InChI=1S/C38H45B2N5/c1-2-13-31(14-3-1)45-36-16-12-15-34-35(40(43-25-8-9-26-43)44-27-10-11-28-44)20-19-33(38(34)36)32-18-17-30(29-37(32)45)39(41-21-4-5-22-41)42-23-6-7-24-42/h1-3,12-20,29H,4-11,21-28H2. The summed E-state index contributed by atoms with van der Waals surface area (Å²) in [5.74, 6) is 0. The fraction of sp³-hybridized carbons (Fsp3) is 0.421. The van der Waals surface area contributed by atoms with Crippen molar-refractivity contribution in [2.75, 3.05) is 57.3 Å². The fourth-order valence-electron chi connectivity index (χ4n) is 9.37. The number of benzene rings is 4. The predicted octanol–water partition coefficient (Wildman–Crippen LogP) is 6.06. The Bertz CT molecular complexity index is 1640. The molecule has 0 atom stereocenters. The Morgan fingerprint density at radius 1 is 0.444 bits per heavy atom. The molecule has 5 aliphatic rings. The molecule has 4 aromatic rings. The Morgan fingerprint density at radius 2 is 1.00 bits per heavy atom. The van der Waals surface area contributed by atoms with Gasteiger partial charge in [0.15, 0.2) is 0 Å². The van der Waals surface area contributed by atoms with Gasteiger partial charge in [0.2, 0.25) is 0 Å². The van der Waals surface area contributed by atoms with E-state index < -0.39 is 0 Å². The van der Waals surface area contributed by atoms with Crippen molar-refractivity contribution < 1.29 is 0 Å². The molecule has 0 spiro atoms. The third-order valence-electron chi connectivity index (χ3n) is 11.4. The van der Waals surface area contributed by atoms with Crippen LogP contribution < -0.4 is 15.8 Å². The molecule has 5 heterocycles. The first-order valence-electron chi connectivity index (χ1n) is 17.9. The minimum Gasteiger partial charge on any atom is -0.324 e. The molecule has 9 rings (SSSR count). The molecule has 0 aliphatic carbocycles. The molecule has 0 bridgehead atoms. The molecule has 45 heavy (non-hydrogen) atoms. The molecule has 0 amide bonds. The second kappa shape index (κ2) is 11.9.